The molecule has 1 aliphatic rings. The number of allylic oxidation sites excluding steroid dienone is 1. The van der Waals surface area contributed by atoms with Crippen LogP contribution in [0.25, 0.3) is 16.8 Å². The second kappa shape index (κ2) is 14.6. The van der Waals surface area contributed by atoms with Gasteiger partial charge in [-0.3, -0.25) is 14.7 Å². The number of nitrogens with two attached hydrogens (primary N) is 1. The van der Waals surface area contributed by atoms with Gasteiger partial charge in [0.1, 0.15) is 23.9 Å². The molecule has 0 radical (unpaired) electrons. The van der Waals surface area contributed by atoms with E-state index >= 15 is 0 Å². The molecule has 8 nitrogen and oxygen atoms in total. The number of hydrogen-bond donors (Lipinski definition) is 1. The Labute approximate surface area is 265 Å². The fraction of sp³-hybridized carbons (Fsp3) is 0.243. The SMILES string of the molecule is C=C(/C=C(\N=C(/N)c1cccc(C)n1)c1cncc(-c2ccc(C(=O)N3CCN(C(C)C)CC3)cc2)c1)OCc1ccccc1. The molecule has 1 saturated heterocycles. The van der Waals surface area contributed by atoms with E-state index < -0.39 is 0 Å². The Kier molecular flexibility index (Phi) is 10.2. The van der Waals surface area contributed by atoms with Crippen molar-refractivity contribution in [3.8, 4) is 11.1 Å². The number of amides is 1. The van der Waals surface area contributed by atoms with Gasteiger partial charge in [0, 0.05) is 73.1 Å². The minimum atomic E-state index is 0.0608. The van der Waals surface area contributed by atoms with Crippen molar-refractivity contribution in [3.63, 3.8) is 0 Å². The summed E-state index contributed by atoms with van der Waals surface area (Å²) >= 11 is 0. The Hall–Kier alpha value is -5.08. The van der Waals surface area contributed by atoms with Gasteiger partial charge in [-0.1, -0.05) is 55.1 Å². The monoisotopic (exact) mass is 600 g/mol. The van der Waals surface area contributed by atoms with Crippen LogP contribution in [0.5, 0.6) is 0 Å². The third kappa shape index (κ3) is 8.31. The summed E-state index contributed by atoms with van der Waals surface area (Å²) in [7, 11) is 0. The van der Waals surface area contributed by atoms with Gasteiger partial charge in [0.2, 0.25) is 0 Å². The van der Waals surface area contributed by atoms with E-state index in [-0.39, 0.29) is 11.7 Å². The first-order valence-electron chi connectivity index (χ1n) is 15.2. The summed E-state index contributed by atoms with van der Waals surface area (Å²) in [6, 6.07) is 25.7. The molecule has 0 aliphatic carbocycles. The molecule has 1 fully saturated rings. The van der Waals surface area contributed by atoms with Gasteiger partial charge in [0.05, 0.1) is 5.70 Å². The Morgan fingerprint density at radius 3 is 2.38 bits per heavy atom. The zero-order valence-corrected chi connectivity index (χ0v) is 26.2. The molecule has 2 aromatic carbocycles. The van der Waals surface area contributed by atoms with Crippen molar-refractivity contribution in [3.05, 3.63) is 138 Å². The number of benzene rings is 2. The zero-order chi connectivity index (χ0) is 31.8. The van der Waals surface area contributed by atoms with Gasteiger partial charge in [-0.15, -0.1) is 0 Å². The summed E-state index contributed by atoms with van der Waals surface area (Å²) in [4.78, 5) is 31.3. The number of piperazine rings is 1. The summed E-state index contributed by atoms with van der Waals surface area (Å²) in [5, 5.41) is 0. The Morgan fingerprint density at radius 2 is 1.69 bits per heavy atom. The van der Waals surface area contributed by atoms with Crippen LogP contribution < -0.4 is 5.73 Å². The van der Waals surface area contributed by atoms with E-state index in [1.807, 2.05) is 90.7 Å². The molecule has 2 N–H and O–H groups in total. The fourth-order valence-electron chi connectivity index (χ4n) is 5.16. The van der Waals surface area contributed by atoms with Crippen molar-refractivity contribution in [2.24, 2.45) is 10.7 Å². The van der Waals surface area contributed by atoms with E-state index in [0.29, 0.717) is 35.4 Å². The summed E-state index contributed by atoms with van der Waals surface area (Å²) < 4.78 is 5.95. The summed E-state index contributed by atoms with van der Waals surface area (Å²) in [5.74, 6) is 0.763. The molecular formula is C37H40N6O2. The van der Waals surface area contributed by atoms with Gasteiger partial charge >= 0.3 is 0 Å². The molecule has 0 unspecified atom stereocenters. The van der Waals surface area contributed by atoms with Crippen LogP contribution in [0.3, 0.4) is 0 Å². The van der Waals surface area contributed by atoms with Crippen LogP contribution in [0.4, 0.5) is 0 Å². The van der Waals surface area contributed by atoms with Crippen molar-refractivity contribution < 1.29 is 9.53 Å². The number of aromatic nitrogens is 2. The molecule has 230 valence electrons. The van der Waals surface area contributed by atoms with Gasteiger partial charge < -0.3 is 15.4 Å². The predicted octanol–water partition coefficient (Wildman–Crippen LogP) is 6.10. The topological polar surface area (TPSA) is 96.9 Å². The minimum Gasteiger partial charge on any atom is -0.489 e. The lowest BCUT2D eigenvalue weighted by Crippen LogP contribution is -2.50. The average Bonchev–Trinajstić information content (AvgIpc) is 3.07. The van der Waals surface area contributed by atoms with E-state index in [1.165, 1.54) is 0 Å². The third-order valence-corrected chi connectivity index (χ3v) is 7.79. The number of hydrogen-bond acceptors (Lipinski definition) is 6. The van der Waals surface area contributed by atoms with Crippen molar-refractivity contribution in [2.75, 3.05) is 26.2 Å². The zero-order valence-electron chi connectivity index (χ0n) is 26.2. The van der Waals surface area contributed by atoms with Crippen molar-refractivity contribution in [1.29, 1.82) is 0 Å². The second-order valence-electron chi connectivity index (χ2n) is 11.4. The maximum absolute atomic E-state index is 13.2. The third-order valence-electron chi connectivity index (χ3n) is 7.79. The van der Waals surface area contributed by atoms with Crippen LogP contribution in [0, 0.1) is 6.92 Å². The standard InChI is InChI=1S/C37H40N6O2/c1-26(2)42-17-19-43(20-18-42)37(44)31-15-13-30(14-16-31)32-22-33(24-39-23-32)35(41-36(38)34-12-8-9-27(3)40-34)21-28(4)45-25-29-10-6-5-7-11-29/h5-16,21-24,26H,4,17-20,25H2,1-3H3,(H2,38,41)/b35-21-. The summed E-state index contributed by atoms with van der Waals surface area (Å²) in [6.07, 6.45) is 5.28. The number of rotatable bonds is 10. The van der Waals surface area contributed by atoms with Crippen LogP contribution in [-0.4, -0.2) is 63.7 Å². The molecular weight excluding hydrogens is 560 g/mol. The first-order chi connectivity index (χ1) is 21.8. The van der Waals surface area contributed by atoms with E-state index in [0.717, 1.165) is 54.1 Å². The number of aryl methyl sites for hydroxylation is 1. The number of carbonyl (C=O) groups is 1. The van der Waals surface area contributed by atoms with Gasteiger partial charge in [0.25, 0.3) is 5.91 Å². The quantitative estimate of drug-likeness (QED) is 0.102. The number of aliphatic imine (C=N–C) groups is 1. The van der Waals surface area contributed by atoms with Crippen LogP contribution in [0.15, 0.2) is 115 Å². The number of amidine groups is 1. The van der Waals surface area contributed by atoms with Gasteiger partial charge in [-0.05, 0) is 62.2 Å². The van der Waals surface area contributed by atoms with E-state index in [9.17, 15) is 4.79 Å². The highest BCUT2D eigenvalue weighted by atomic mass is 16.5. The Balaban J connectivity index is 1.38. The molecule has 8 heteroatoms. The van der Waals surface area contributed by atoms with Crippen LogP contribution in [-0.2, 0) is 11.3 Å². The molecule has 5 rings (SSSR count). The molecule has 45 heavy (non-hydrogen) atoms. The Morgan fingerprint density at radius 1 is 0.956 bits per heavy atom. The molecule has 3 heterocycles. The summed E-state index contributed by atoms with van der Waals surface area (Å²) in [6.45, 7) is 14.0. The van der Waals surface area contributed by atoms with Gasteiger partial charge in [0.15, 0.2) is 0 Å². The van der Waals surface area contributed by atoms with E-state index in [1.54, 1.807) is 18.5 Å². The van der Waals surface area contributed by atoms with E-state index in [4.69, 9.17) is 15.5 Å². The number of carbonyl (C=O) groups excluding carboxylic acids is 1. The largest absolute Gasteiger partial charge is 0.489 e. The van der Waals surface area contributed by atoms with Gasteiger partial charge in [-0.2, -0.15) is 0 Å². The molecule has 4 aromatic rings. The van der Waals surface area contributed by atoms with Crippen molar-refractivity contribution in [2.45, 2.75) is 33.4 Å². The number of ether oxygens (including phenoxy) is 1. The minimum absolute atomic E-state index is 0.0608. The number of pyridine rings is 2. The van der Waals surface area contributed by atoms with Gasteiger partial charge in [-0.25, -0.2) is 9.98 Å². The fourth-order valence-corrected chi connectivity index (χ4v) is 5.16. The molecule has 0 spiro atoms. The maximum atomic E-state index is 13.2. The van der Waals surface area contributed by atoms with Crippen LogP contribution in [0.1, 0.15) is 46.7 Å². The lowest BCUT2D eigenvalue weighted by Gasteiger charge is -2.37. The molecule has 1 aliphatic heterocycles. The normalized spacial score (nSPS) is 14.4. The highest BCUT2D eigenvalue weighted by Crippen LogP contribution is 2.26. The van der Waals surface area contributed by atoms with Crippen LogP contribution >= 0.6 is 0 Å². The first kappa shape index (κ1) is 31.3. The molecule has 0 atom stereocenters. The van der Waals surface area contributed by atoms with Crippen LogP contribution in [0.2, 0.25) is 0 Å². The highest BCUT2D eigenvalue weighted by molar-refractivity contribution is 5.99. The highest BCUT2D eigenvalue weighted by Gasteiger charge is 2.23. The molecule has 0 saturated carbocycles. The lowest BCUT2D eigenvalue weighted by molar-refractivity contribution is 0.0595. The molecule has 1 amide bonds. The van der Waals surface area contributed by atoms with Crippen molar-refractivity contribution >= 4 is 17.4 Å². The Bertz CT molecular complexity index is 1690. The lowest BCUT2D eigenvalue weighted by atomic mass is 10.0. The molecule has 2 aromatic heterocycles. The number of nitrogens with zero attached hydrogens (tertiary/aromatic N) is 5. The average molecular weight is 601 g/mol. The predicted molar refractivity (Wildman–Crippen MR) is 180 cm³/mol. The van der Waals surface area contributed by atoms with E-state index in [2.05, 4.69) is 35.3 Å². The first-order valence-corrected chi connectivity index (χ1v) is 15.2. The summed E-state index contributed by atoms with van der Waals surface area (Å²) in [5.41, 5.74) is 12.6. The smallest absolute Gasteiger partial charge is 0.253 e. The maximum Gasteiger partial charge on any atom is 0.253 e. The van der Waals surface area contributed by atoms with Crippen molar-refractivity contribution in [1.82, 2.24) is 19.8 Å². The second-order valence-corrected chi connectivity index (χ2v) is 11.4. The molecule has 0 bridgehead atoms.